The van der Waals surface area contributed by atoms with Crippen molar-refractivity contribution in [2.45, 2.75) is 37.3 Å². The summed E-state index contributed by atoms with van der Waals surface area (Å²) in [4.78, 5) is 0. The molecule has 15 heavy (non-hydrogen) atoms. The zero-order valence-electron chi connectivity index (χ0n) is 9.03. The molecule has 3 N–H and O–H groups in total. The first-order valence-corrected chi connectivity index (χ1v) is 5.36. The Bertz CT molecular complexity index is 292. The van der Waals surface area contributed by atoms with Gasteiger partial charge in [0.05, 0.1) is 24.2 Å². The molecule has 84 valence electrons. The van der Waals surface area contributed by atoms with Gasteiger partial charge < -0.3 is 9.15 Å². The van der Waals surface area contributed by atoms with E-state index >= 15 is 0 Å². The molecule has 2 rings (SSSR count). The van der Waals surface area contributed by atoms with Crippen molar-refractivity contribution in [2.75, 3.05) is 7.11 Å². The van der Waals surface area contributed by atoms with Gasteiger partial charge in [0.2, 0.25) is 0 Å². The van der Waals surface area contributed by atoms with Crippen molar-refractivity contribution in [2.24, 2.45) is 5.84 Å². The van der Waals surface area contributed by atoms with Crippen molar-refractivity contribution in [3.05, 3.63) is 24.2 Å². The van der Waals surface area contributed by atoms with Gasteiger partial charge in [0.1, 0.15) is 0 Å². The van der Waals surface area contributed by atoms with Crippen LogP contribution in [0, 0.1) is 0 Å². The summed E-state index contributed by atoms with van der Waals surface area (Å²) in [6.45, 7) is 0. The Morgan fingerprint density at radius 2 is 2.27 bits per heavy atom. The van der Waals surface area contributed by atoms with Gasteiger partial charge in [0.25, 0.3) is 0 Å². The minimum absolute atomic E-state index is 0.0174. The molecule has 0 saturated heterocycles. The quantitative estimate of drug-likeness (QED) is 0.587. The van der Waals surface area contributed by atoms with Gasteiger partial charge in [-0.15, -0.1) is 0 Å². The number of ether oxygens (including phenoxy) is 1. The molecule has 0 aliphatic heterocycles. The fourth-order valence-corrected chi connectivity index (χ4v) is 2.58. The lowest BCUT2D eigenvalue weighted by atomic mass is 9.88. The van der Waals surface area contributed by atoms with Crippen LogP contribution in [0.3, 0.4) is 0 Å². The molecular formula is C11H18N2O2. The van der Waals surface area contributed by atoms with Gasteiger partial charge in [-0.05, 0) is 18.9 Å². The van der Waals surface area contributed by atoms with Crippen LogP contribution >= 0.6 is 0 Å². The van der Waals surface area contributed by atoms with E-state index < -0.39 is 0 Å². The van der Waals surface area contributed by atoms with Gasteiger partial charge in [0, 0.05) is 12.7 Å². The summed E-state index contributed by atoms with van der Waals surface area (Å²) < 4.78 is 10.8. The van der Waals surface area contributed by atoms with Gasteiger partial charge in [-0.3, -0.25) is 5.84 Å². The van der Waals surface area contributed by atoms with Crippen molar-refractivity contribution < 1.29 is 9.15 Å². The van der Waals surface area contributed by atoms with E-state index in [1.54, 1.807) is 19.6 Å². The summed E-state index contributed by atoms with van der Waals surface area (Å²) in [6.07, 6.45) is 7.88. The Balaban J connectivity index is 2.24. The number of nitrogens with one attached hydrogen (secondary N) is 1. The summed E-state index contributed by atoms with van der Waals surface area (Å²) in [6, 6.07) is 1.95. The van der Waals surface area contributed by atoms with Crippen LogP contribution < -0.4 is 11.3 Å². The molecule has 1 heterocycles. The van der Waals surface area contributed by atoms with Crippen molar-refractivity contribution >= 4 is 0 Å². The van der Waals surface area contributed by atoms with E-state index in [4.69, 9.17) is 15.0 Å². The van der Waals surface area contributed by atoms with Gasteiger partial charge in [-0.1, -0.05) is 12.8 Å². The van der Waals surface area contributed by atoms with E-state index in [0.717, 1.165) is 18.4 Å². The Kier molecular flexibility index (Phi) is 3.09. The number of nitrogens with two attached hydrogens (primary N) is 1. The third-order valence-corrected chi connectivity index (χ3v) is 3.43. The fraction of sp³-hybridized carbons (Fsp3) is 0.636. The topological polar surface area (TPSA) is 60.4 Å². The average Bonchev–Trinajstić information content (AvgIpc) is 2.90. The van der Waals surface area contributed by atoms with E-state index in [1.165, 1.54) is 12.8 Å². The van der Waals surface area contributed by atoms with Gasteiger partial charge in [0.15, 0.2) is 0 Å². The lowest BCUT2D eigenvalue weighted by Gasteiger charge is -2.35. The van der Waals surface area contributed by atoms with Crippen LogP contribution in [-0.4, -0.2) is 12.7 Å². The fourth-order valence-electron chi connectivity index (χ4n) is 2.58. The molecule has 1 saturated carbocycles. The van der Waals surface area contributed by atoms with E-state index in [0.29, 0.717) is 0 Å². The molecule has 0 bridgehead atoms. The Hall–Kier alpha value is -0.840. The molecule has 4 heteroatoms. The lowest BCUT2D eigenvalue weighted by Crippen LogP contribution is -2.46. The normalized spacial score (nSPS) is 21.7. The first-order chi connectivity index (χ1) is 7.32. The molecule has 1 unspecified atom stereocenters. The largest absolute Gasteiger partial charge is 0.472 e. The van der Waals surface area contributed by atoms with Crippen LogP contribution in [0.5, 0.6) is 0 Å². The molecule has 0 radical (unpaired) electrons. The van der Waals surface area contributed by atoms with Gasteiger partial charge in [-0.2, -0.15) is 0 Å². The number of hydrogen-bond acceptors (Lipinski definition) is 4. The molecule has 4 nitrogen and oxygen atoms in total. The molecule has 0 spiro atoms. The van der Waals surface area contributed by atoms with Crippen molar-refractivity contribution in [1.82, 2.24) is 5.43 Å². The number of furan rings is 1. The highest BCUT2D eigenvalue weighted by molar-refractivity contribution is 5.17. The Labute approximate surface area is 89.7 Å². The Morgan fingerprint density at radius 1 is 1.53 bits per heavy atom. The summed E-state index contributed by atoms with van der Waals surface area (Å²) in [7, 11) is 1.76. The van der Waals surface area contributed by atoms with Gasteiger partial charge in [-0.25, -0.2) is 5.43 Å². The standard InChI is InChI=1S/C11H18N2O2/c1-14-11(5-2-3-6-11)10(13-12)9-4-7-15-8-9/h4,7-8,10,13H,2-3,5-6,12H2,1H3. The maximum Gasteiger partial charge on any atom is 0.0952 e. The minimum atomic E-state index is -0.168. The molecule has 1 aromatic heterocycles. The SMILES string of the molecule is COC1(C(NN)c2ccoc2)CCCC1. The molecule has 0 aromatic carbocycles. The number of methoxy groups -OCH3 is 1. The van der Waals surface area contributed by atoms with Crippen LogP contribution in [0.1, 0.15) is 37.3 Å². The van der Waals surface area contributed by atoms with E-state index in [2.05, 4.69) is 5.43 Å². The highest BCUT2D eigenvalue weighted by Gasteiger charge is 2.42. The molecule has 1 atom stereocenters. The molecule has 0 amide bonds. The van der Waals surface area contributed by atoms with Gasteiger partial charge >= 0.3 is 0 Å². The first kappa shape index (κ1) is 10.7. The summed E-state index contributed by atoms with van der Waals surface area (Å²) in [5.74, 6) is 5.63. The molecular weight excluding hydrogens is 192 g/mol. The van der Waals surface area contributed by atoms with E-state index in [1.807, 2.05) is 6.07 Å². The predicted molar refractivity (Wildman–Crippen MR) is 57.0 cm³/mol. The summed E-state index contributed by atoms with van der Waals surface area (Å²) >= 11 is 0. The second kappa shape index (κ2) is 4.35. The average molecular weight is 210 g/mol. The monoisotopic (exact) mass is 210 g/mol. The maximum absolute atomic E-state index is 5.69. The molecule has 1 aromatic rings. The summed E-state index contributed by atoms with van der Waals surface area (Å²) in [5.41, 5.74) is 3.74. The zero-order valence-corrected chi connectivity index (χ0v) is 9.03. The highest BCUT2D eigenvalue weighted by atomic mass is 16.5. The molecule has 1 fully saturated rings. The molecule has 1 aliphatic rings. The number of hydrogen-bond donors (Lipinski definition) is 2. The first-order valence-electron chi connectivity index (χ1n) is 5.36. The number of rotatable bonds is 4. The van der Waals surface area contributed by atoms with Crippen LogP contribution in [0.4, 0.5) is 0 Å². The predicted octanol–water partition coefficient (Wildman–Crippen LogP) is 1.74. The highest BCUT2D eigenvalue weighted by Crippen LogP contribution is 2.42. The minimum Gasteiger partial charge on any atom is -0.472 e. The summed E-state index contributed by atoms with van der Waals surface area (Å²) in [5, 5.41) is 0. The Morgan fingerprint density at radius 3 is 2.73 bits per heavy atom. The number of hydrazine groups is 1. The zero-order chi connectivity index (χ0) is 10.7. The van der Waals surface area contributed by atoms with E-state index in [9.17, 15) is 0 Å². The lowest BCUT2D eigenvalue weighted by molar-refractivity contribution is -0.0370. The van der Waals surface area contributed by atoms with Crippen LogP contribution in [0.15, 0.2) is 23.0 Å². The van der Waals surface area contributed by atoms with Crippen LogP contribution in [0.2, 0.25) is 0 Å². The third kappa shape index (κ3) is 1.80. The maximum atomic E-state index is 5.69. The van der Waals surface area contributed by atoms with Crippen molar-refractivity contribution in [3.8, 4) is 0 Å². The second-order valence-electron chi connectivity index (χ2n) is 4.13. The van der Waals surface area contributed by atoms with Crippen molar-refractivity contribution in [1.29, 1.82) is 0 Å². The van der Waals surface area contributed by atoms with E-state index in [-0.39, 0.29) is 11.6 Å². The van der Waals surface area contributed by atoms with Crippen LogP contribution in [0.25, 0.3) is 0 Å². The second-order valence-corrected chi connectivity index (χ2v) is 4.13. The molecule has 1 aliphatic carbocycles. The third-order valence-electron chi connectivity index (χ3n) is 3.43. The smallest absolute Gasteiger partial charge is 0.0952 e. The van der Waals surface area contributed by atoms with Crippen LogP contribution in [-0.2, 0) is 4.74 Å². The van der Waals surface area contributed by atoms with Crippen molar-refractivity contribution in [3.63, 3.8) is 0 Å².